The van der Waals surface area contributed by atoms with E-state index in [1.54, 1.807) is 0 Å². The summed E-state index contributed by atoms with van der Waals surface area (Å²) >= 11 is 0. The molecule has 1 saturated heterocycles. The van der Waals surface area contributed by atoms with Gasteiger partial charge in [0.1, 0.15) is 6.10 Å². The molecule has 7 heteroatoms. The second-order valence-electron chi connectivity index (χ2n) is 4.75. The number of alkyl halides is 3. The van der Waals surface area contributed by atoms with Gasteiger partial charge in [-0.3, -0.25) is 0 Å². The smallest absolute Gasteiger partial charge is 0.434 e. The van der Waals surface area contributed by atoms with Crippen molar-refractivity contribution in [3.05, 3.63) is 18.1 Å². The van der Waals surface area contributed by atoms with Crippen LogP contribution in [0.1, 0.15) is 18.5 Å². The van der Waals surface area contributed by atoms with Crippen molar-refractivity contribution in [3.63, 3.8) is 0 Å². The number of nitrogens with one attached hydrogen (secondary N) is 1. The summed E-state index contributed by atoms with van der Waals surface area (Å²) in [5.74, 6) is 0.768. The van der Waals surface area contributed by atoms with Gasteiger partial charge in [-0.15, -0.1) is 0 Å². The highest BCUT2D eigenvalue weighted by atomic mass is 19.4. The molecule has 3 atom stereocenters. The topological polar surface area (TPSA) is 47.0 Å². The normalized spacial score (nSPS) is 30.7. The molecule has 98 valence electrons. The molecule has 0 unspecified atom stereocenters. The van der Waals surface area contributed by atoms with E-state index in [1.807, 2.05) is 0 Å². The van der Waals surface area contributed by atoms with Crippen LogP contribution in [0.15, 0.2) is 12.4 Å². The first-order valence-corrected chi connectivity index (χ1v) is 5.81. The molecule has 2 bridgehead atoms. The maximum Gasteiger partial charge on any atom is 0.434 e. The molecule has 3 rings (SSSR count). The molecule has 0 aromatic carbocycles. The second-order valence-corrected chi connectivity index (χ2v) is 4.75. The zero-order chi connectivity index (χ0) is 12.8. The first-order valence-electron chi connectivity index (χ1n) is 5.81. The Hall–Kier alpha value is -1.37. The Labute approximate surface area is 102 Å². The number of aromatic nitrogens is 2. The van der Waals surface area contributed by atoms with Crippen LogP contribution in [0, 0.1) is 5.92 Å². The number of nitrogens with zero attached hydrogens (tertiary/aromatic N) is 2. The van der Waals surface area contributed by atoms with Crippen LogP contribution < -0.4 is 10.1 Å². The lowest BCUT2D eigenvalue weighted by Crippen LogP contribution is -2.40. The molecule has 1 aliphatic heterocycles. The van der Waals surface area contributed by atoms with E-state index in [4.69, 9.17) is 4.74 Å². The molecule has 4 nitrogen and oxygen atoms in total. The van der Waals surface area contributed by atoms with Crippen LogP contribution in [0.25, 0.3) is 0 Å². The van der Waals surface area contributed by atoms with E-state index in [9.17, 15) is 13.2 Å². The highest BCUT2D eigenvalue weighted by molar-refractivity contribution is 5.11. The molecule has 0 radical (unpaired) electrons. The summed E-state index contributed by atoms with van der Waals surface area (Å²) in [6.07, 6.45) is -0.724. The standard InChI is InChI=1S/C11H12F3N3O/c12-11(13,14)9-4-17-10(5-16-9)18-8-2-6-1-7(8)15-3-6/h4-8,15H,1-3H2/t6-,7+,8-/m1/s1. The fourth-order valence-electron chi connectivity index (χ4n) is 2.61. The molecule has 1 saturated carbocycles. The third-order valence-corrected chi connectivity index (χ3v) is 3.46. The van der Waals surface area contributed by atoms with Gasteiger partial charge < -0.3 is 10.1 Å². The number of rotatable bonds is 2. The van der Waals surface area contributed by atoms with Gasteiger partial charge in [0.2, 0.25) is 5.88 Å². The number of fused-ring (bicyclic) bond motifs is 2. The Morgan fingerprint density at radius 1 is 1.22 bits per heavy atom. The van der Waals surface area contributed by atoms with Crippen molar-refractivity contribution >= 4 is 0 Å². The second kappa shape index (κ2) is 4.08. The molecule has 1 aromatic heterocycles. The lowest BCUT2D eigenvalue weighted by atomic mass is 10.1. The number of ether oxygens (including phenoxy) is 1. The van der Waals surface area contributed by atoms with Gasteiger partial charge in [0.15, 0.2) is 5.69 Å². The minimum atomic E-state index is -4.46. The summed E-state index contributed by atoms with van der Waals surface area (Å²) in [5, 5.41) is 3.31. The van der Waals surface area contributed by atoms with Crippen LogP contribution in [0.4, 0.5) is 13.2 Å². The zero-order valence-electron chi connectivity index (χ0n) is 9.44. The molecule has 0 spiro atoms. The van der Waals surface area contributed by atoms with E-state index in [1.165, 1.54) is 0 Å². The monoisotopic (exact) mass is 259 g/mol. The third-order valence-electron chi connectivity index (χ3n) is 3.46. The minimum Gasteiger partial charge on any atom is -0.472 e. The highest BCUT2D eigenvalue weighted by Gasteiger charge is 2.41. The predicted molar refractivity (Wildman–Crippen MR) is 56.0 cm³/mol. The van der Waals surface area contributed by atoms with Crippen LogP contribution in [-0.2, 0) is 6.18 Å². The van der Waals surface area contributed by atoms with Crippen LogP contribution in [0.3, 0.4) is 0 Å². The molecule has 1 N–H and O–H groups in total. The van der Waals surface area contributed by atoms with E-state index in [0.717, 1.165) is 25.6 Å². The average Bonchev–Trinajstić information content (AvgIpc) is 2.90. The van der Waals surface area contributed by atoms with Crippen molar-refractivity contribution in [2.75, 3.05) is 6.54 Å². The van der Waals surface area contributed by atoms with E-state index in [-0.39, 0.29) is 12.0 Å². The van der Waals surface area contributed by atoms with Gasteiger partial charge in [0, 0.05) is 6.04 Å². The summed E-state index contributed by atoms with van der Waals surface area (Å²) in [5.41, 5.74) is -0.999. The Morgan fingerprint density at radius 3 is 2.56 bits per heavy atom. The van der Waals surface area contributed by atoms with Crippen molar-refractivity contribution in [2.45, 2.75) is 31.2 Å². The van der Waals surface area contributed by atoms with Crippen molar-refractivity contribution in [2.24, 2.45) is 5.92 Å². The van der Waals surface area contributed by atoms with Crippen molar-refractivity contribution in [1.82, 2.24) is 15.3 Å². The fourth-order valence-corrected chi connectivity index (χ4v) is 2.61. The van der Waals surface area contributed by atoms with Gasteiger partial charge in [0.25, 0.3) is 0 Å². The van der Waals surface area contributed by atoms with Crippen LogP contribution >= 0.6 is 0 Å². The lowest BCUT2D eigenvalue weighted by Gasteiger charge is -2.23. The predicted octanol–water partition coefficient (Wildman–Crippen LogP) is 1.62. The van der Waals surface area contributed by atoms with E-state index >= 15 is 0 Å². The quantitative estimate of drug-likeness (QED) is 0.876. The third kappa shape index (κ3) is 2.14. The summed E-state index contributed by atoms with van der Waals surface area (Å²) in [6.45, 7) is 1.00. The van der Waals surface area contributed by atoms with Crippen LogP contribution in [0.2, 0.25) is 0 Å². The molecular weight excluding hydrogens is 247 g/mol. The highest BCUT2D eigenvalue weighted by Crippen LogP contribution is 2.33. The molecule has 2 aliphatic rings. The molecular formula is C11H12F3N3O. The number of halogens is 3. The van der Waals surface area contributed by atoms with Gasteiger partial charge in [0.05, 0.1) is 12.4 Å². The molecule has 1 aromatic rings. The molecule has 0 amide bonds. The van der Waals surface area contributed by atoms with Crippen LogP contribution in [0.5, 0.6) is 5.88 Å². The number of hydrogen-bond donors (Lipinski definition) is 1. The van der Waals surface area contributed by atoms with Gasteiger partial charge in [-0.2, -0.15) is 13.2 Å². The summed E-state index contributed by atoms with van der Waals surface area (Å²) in [7, 11) is 0. The summed E-state index contributed by atoms with van der Waals surface area (Å²) in [4.78, 5) is 6.98. The average molecular weight is 259 g/mol. The van der Waals surface area contributed by atoms with Gasteiger partial charge in [-0.1, -0.05) is 0 Å². The largest absolute Gasteiger partial charge is 0.472 e. The van der Waals surface area contributed by atoms with E-state index < -0.39 is 11.9 Å². The molecule has 18 heavy (non-hydrogen) atoms. The minimum absolute atomic E-state index is 0.00483. The SMILES string of the molecule is FC(F)(F)c1cnc(O[C@@H]2C[C@@H]3CN[C@H]2C3)cn1. The van der Waals surface area contributed by atoms with Crippen molar-refractivity contribution in [3.8, 4) is 5.88 Å². The summed E-state index contributed by atoms with van der Waals surface area (Å²) < 4.78 is 42.5. The van der Waals surface area contributed by atoms with E-state index in [2.05, 4.69) is 15.3 Å². The van der Waals surface area contributed by atoms with Crippen molar-refractivity contribution in [1.29, 1.82) is 0 Å². The molecule has 2 heterocycles. The van der Waals surface area contributed by atoms with Gasteiger partial charge in [-0.05, 0) is 25.3 Å². The maximum atomic E-state index is 12.3. The Kier molecular flexibility index (Phi) is 2.65. The number of hydrogen-bond acceptors (Lipinski definition) is 4. The fraction of sp³-hybridized carbons (Fsp3) is 0.636. The lowest BCUT2D eigenvalue weighted by molar-refractivity contribution is -0.141. The first-order chi connectivity index (χ1) is 8.52. The van der Waals surface area contributed by atoms with Crippen LogP contribution in [-0.4, -0.2) is 28.7 Å². The Bertz CT molecular complexity index is 434. The van der Waals surface area contributed by atoms with Gasteiger partial charge in [-0.25, -0.2) is 9.97 Å². The Morgan fingerprint density at radius 2 is 2.06 bits per heavy atom. The molecule has 2 fully saturated rings. The molecule has 1 aliphatic carbocycles. The Balaban J connectivity index is 1.67. The summed E-state index contributed by atoms with van der Waals surface area (Å²) in [6, 6.07) is 0.291. The first kappa shape index (κ1) is 11.7. The van der Waals surface area contributed by atoms with Gasteiger partial charge >= 0.3 is 6.18 Å². The maximum absolute atomic E-state index is 12.3. The van der Waals surface area contributed by atoms with Crippen molar-refractivity contribution < 1.29 is 17.9 Å². The number of piperidine rings is 1. The van der Waals surface area contributed by atoms with E-state index in [0.29, 0.717) is 18.2 Å². The zero-order valence-corrected chi connectivity index (χ0v) is 9.44.